The van der Waals surface area contributed by atoms with Crippen LogP contribution in [0.4, 0.5) is 0 Å². The molecule has 0 saturated carbocycles. The van der Waals surface area contributed by atoms with Crippen molar-refractivity contribution >= 4 is 27.5 Å². The van der Waals surface area contributed by atoms with Gasteiger partial charge in [-0.25, -0.2) is 4.98 Å². The largest absolute Gasteiger partial charge is 0.457 e. The number of aromatic nitrogens is 2. The SMILES string of the molecule is O=C(Cn1ccccc1=O)NCc1ccc(-c2nc3ccccc3s2)o1. The number of rotatable bonds is 5. The maximum absolute atomic E-state index is 12.0. The number of fused-ring (bicyclic) bond motifs is 1. The van der Waals surface area contributed by atoms with Gasteiger partial charge in [-0.3, -0.25) is 9.59 Å². The van der Waals surface area contributed by atoms with Gasteiger partial charge in [-0.2, -0.15) is 0 Å². The lowest BCUT2D eigenvalue weighted by Crippen LogP contribution is -2.31. The Morgan fingerprint density at radius 2 is 1.96 bits per heavy atom. The van der Waals surface area contributed by atoms with E-state index in [4.69, 9.17) is 4.42 Å². The molecule has 0 bridgehead atoms. The van der Waals surface area contributed by atoms with Gasteiger partial charge in [-0.1, -0.05) is 18.2 Å². The summed E-state index contributed by atoms with van der Waals surface area (Å²) in [6.07, 6.45) is 1.58. The molecule has 0 aliphatic heterocycles. The summed E-state index contributed by atoms with van der Waals surface area (Å²) in [5, 5.41) is 3.56. The van der Waals surface area contributed by atoms with Gasteiger partial charge in [0, 0.05) is 12.3 Å². The number of carbonyl (C=O) groups excluding carboxylic acids is 1. The van der Waals surface area contributed by atoms with Crippen LogP contribution >= 0.6 is 11.3 Å². The molecule has 0 radical (unpaired) electrons. The minimum atomic E-state index is -0.253. The van der Waals surface area contributed by atoms with E-state index in [1.54, 1.807) is 29.7 Å². The molecule has 0 unspecified atom stereocenters. The molecule has 4 aromatic rings. The van der Waals surface area contributed by atoms with Gasteiger partial charge < -0.3 is 14.3 Å². The second-order valence-electron chi connectivity index (χ2n) is 5.70. The molecule has 0 saturated heterocycles. The molecule has 4 rings (SSSR count). The summed E-state index contributed by atoms with van der Waals surface area (Å²) in [6.45, 7) is 0.233. The summed E-state index contributed by atoms with van der Waals surface area (Å²) in [6, 6.07) is 16.4. The van der Waals surface area contributed by atoms with E-state index in [-0.39, 0.29) is 24.6 Å². The first kappa shape index (κ1) is 16.3. The molecule has 0 spiro atoms. The number of hydrogen-bond donors (Lipinski definition) is 1. The zero-order valence-corrected chi connectivity index (χ0v) is 14.5. The van der Waals surface area contributed by atoms with Gasteiger partial charge in [0.05, 0.1) is 16.8 Å². The van der Waals surface area contributed by atoms with Gasteiger partial charge in [0.25, 0.3) is 5.56 Å². The van der Waals surface area contributed by atoms with Crippen LogP contribution in [-0.4, -0.2) is 15.5 Å². The average Bonchev–Trinajstić information content (AvgIpc) is 3.28. The number of pyridine rings is 1. The number of carbonyl (C=O) groups is 1. The molecule has 0 aliphatic rings. The number of amides is 1. The van der Waals surface area contributed by atoms with E-state index in [1.807, 2.05) is 36.4 Å². The summed E-state index contributed by atoms with van der Waals surface area (Å²) < 4.78 is 8.24. The van der Waals surface area contributed by atoms with Crippen LogP contribution in [0.25, 0.3) is 21.0 Å². The Hall–Kier alpha value is -3.19. The quantitative estimate of drug-likeness (QED) is 0.590. The highest BCUT2D eigenvalue weighted by atomic mass is 32.1. The predicted molar refractivity (Wildman–Crippen MR) is 99.9 cm³/mol. The molecule has 1 N–H and O–H groups in total. The van der Waals surface area contributed by atoms with Crippen LogP contribution < -0.4 is 10.9 Å². The molecule has 1 aromatic carbocycles. The average molecular weight is 365 g/mol. The Bertz CT molecular complexity index is 1090. The van der Waals surface area contributed by atoms with Crippen molar-refractivity contribution in [2.45, 2.75) is 13.1 Å². The molecule has 3 aromatic heterocycles. The highest BCUT2D eigenvalue weighted by Gasteiger charge is 2.11. The zero-order chi connectivity index (χ0) is 17.9. The highest BCUT2D eigenvalue weighted by Crippen LogP contribution is 2.30. The third-order valence-corrected chi connectivity index (χ3v) is 4.89. The monoisotopic (exact) mass is 365 g/mol. The van der Waals surface area contributed by atoms with E-state index < -0.39 is 0 Å². The molecule has 0 aliphatic carbocycles. The smallest absolute Gasteiger partial charge is 0.250 e. The van der Waals surface area contributed by atoms with Crippen molar-refractivity contribution in [3.8, 4) is 10.8 Å². The van der Waals surface area contributed by atoms with Crippen LogP contribution in [0.3, 0.4) is 0 Å². The second kappa shape index (κ2) is 6.97. The van der Waals surface area contributed by atoms with Crippen molar-refractivity contribution in [2.24, 2.45) is 0 Å². The lowest BCUT2D eigenvalue weighted by atomic mass is 10.3. The van der Waals surface area contributed by atoms with Gasteiger partial charge in [-0.15, -0.1) is 11.3 Å². The summed E-state index contributed by atoms with van der Waals surface area (Å²) >= 11 is 1.56. The van der Waals surface area contributed by atoms with Crippen molar-refractivity contribution < 1.29 is 9.21 Å². The summed E-state index contributed by atoms with van der Waals surface area (Å²) in [5.74, 6) is 1.05. The lowest BCUT2D eigenvalue weighted by Gasteiger charge is -2.05. The maximum atomic E-state index is 12.0. The van der Waals surface area contributed by atoms with Gasteiger partial charge in [0.2, 0.25) is 5.91 Å². The molecule has 1 amide bonds. The zero-order valence-electron chi connectivity index (χ0n) is 13.7. The van der Waals surface area contributed by atoms with Gasteiger partial charge >= 0.3 is 0 Å². The molecule has 130 valence electrons. The van der Waals surface area contributed by atoms with E-state index >= 15 is 0 Å². The fraction of sp³-hybridized carbons (Fsp3) is 0.105. The van der Waals surface area contributed by atoms with Crippen LogP contribution in [0.15, 0.2) is 70.0 Å². The molecule has 0 fully saturated rings. The van der Waals surface area contributed by atoms with Crippen molar-refractivity contribution in [1.29, 1.82) is 0 Å². The number of furan rings is 1. The molecule has 6 nitrogen and oxygen atoms in total. The Morgan fingerprint density at radius 1 is 1.12 bits per heavy atom. The lowest BCUT2D eigenvalue weighted by molar-refractivity contribution is -0.121. The number of para-hydroxylation sites is 1. The van der Waals surface area contributed by atoms with E-state index in [2.05, 4.69) is 10.3 Å². The minimum absolute atomic E-state index is 0.0227. The van der Waals surface area contributed by atoms with Crippen molar-refractivity contribution in [3.63, 3.8) is 0 Å². The Morgan fingerprint density at radius 3 is 2.81 bits per heavy atom. The molecule has 7 heteroatoms. The van der Waals surface area contributed by atoms with Gasteiger partial charge in [-0.05, 0) is 30.3 Å². The van der Waals surface area contributed by atoms with Crippen LogP contribution in [0.1, 0.15) is 5.76 Å². The molecule has 0 atom stereocenters. The predicted octanol–water partition coefficient (Wildman–Crippen LogP) is 3.03. The maximum Gasteiger partial charge on any atom is 0.250 e. The number of nitrogens with one attached hydrogen (secondary N) is 1. The number of benzene rings is 1. The van der Waals surface area contributed by atoms with E-state index in [0.29, 0.717) is 11.5 Å². The first-order valence-electron chi connectivity index (χ1n) is 8.06. The first-order chi connectivity index (χ1) is 12.7. The minimum Gasteiger partial charge on any atom is -0.457 e. The number of thiazole rings is 1. The Labute approximate surface area is 152 Å². The van der Waals surface area contributed by atoms with E-state index in [0.717, 1.165) is 15.2 Å². The topological polar surface area (TPSA) is 77.1 Å². The van der Waals surface area contributed by atoms with Crippen LogP contribution in [0.2, 0.25) is 0 Å². The van der Waals surface area contributed by atoms with Gasteiger partial charge in [0.15, 0.2) is 10.8 Å². The van der Waals surface area contributed by atoms with Gasteiger partial charge in [0.1, 0.15) is 12.3 Å². The summed E-state index contributed by atoms with van der Waals surface area (Å²) in [7, 11) is 0. The Balaban J connectivity index is 1.41. The van der Waals surface area contributed by atoms with E-state index in [9.17, 15) is 9.59 Å². The van der Waals surface area contributed by atoms with Crippen LogP contribution in [0.5, 0.6) is 0 Å². The standard InChI is InChI=1S/C19H15N3O3S/c23-17(12-22-10-4-3-7-18(22)24)20-11-13-8-9-15(25-13)19-21-14-5-1-2-6-16(14)26-19/h1-10H,11-12H2,(H,20,23). The molecule has 26 heavy (non-hydrogen) atoms. The normalized spacial score (nSPS) is 10.9. The Kier molecular flexibility index (Phi) is 4.37. The van der Waals surface area contributed by atoms with Crippen molar-refractivity contribution in [1.82, 2.24) is 14.9 Å². The third kappa shape index (κ3) is 3.43. The van der Waals surface area contributed by atoms with Crippen molar-refractivity contribution in [2.75, 3.05) is 0 Å². The number of hydrogen-bond acceptors (Lipinski definition) is 5. The molecular formula is C19H15N3O3S. The van der Waals surface area contributed by atoms with Crippen molar-refractivity contribution in [3.05, 3.63) is 76.9 Å². The number of nitrogens with zero attached hydrogens (tertiary/aromatic N) is 2. The fourth-order valence-electron chi connectivity index (χ4n) is 2.55. The third-order valence-electron chi connectivity index (χ3n) is 3.84. The summed E-state index contributed by atoms with van der Waals surface area (Å²) in [4.78, 5) is 28.2. The van der Waals surface area contributed by atoms with Crippen LogP contribution in [0, 0.1) is 0 Å². The molecule has 3 heterocycles. The fourth-order valence-corrected chi connectivity index (χ4v) is 3.48. The van der Waals surface area contributed by atoms with E-state index in [1.165, 1.54) is 10.6 Å². The molecular weight excluding hydrogens is 350 g/mol. The second-order valence-corrected chi connectivity index (χ2v) is 6.73. The highest BCUT2D eigenvalue weighted by molar-refractivity contribution is 7.21. The van der Waals surface area contributed by atoms with Crippen LogP contribution in [-0.2, 0) is 17.9 Å². The first-order valence-corrected chi connectivity index (χ1v) is 8.87. The summed E-state index contributed by atoms with van der Waals surface area (Å²) in [5.41, 5.74) is 0.728.